The van der Waals surface area contributed by atoms with Gasteiger partial charge in [-0.3, -0.25) is 0 Å². The van der Waals surface area contributed by atoms with Gasteiger partial charge >= 0.3 is 0 Å². The second-order valence-electron chi connectivity index (χ2n) is 4.56. The van der Waals surface area contributed by atoms with Crippen molar-refractivity contribution in [3.63, 3.8) is 0 Å². The third-order valence-corrected chi connectivity index (χ3v) is 3.33. The molecule has 0 amide bonds. The Bertz CT molecular complexity index is 732. The summed E-state index contributed by atoms with van der Waals surface area (Å²) in [5, 5.41) is 4.14. The quantitative estimate of drug-likeness (QED) is 0.724. The van der Waals surface area contributed by atoms with Crippen molar-refractivity contribution >= 4 is 5.65 Å². The number of fused-ring (bicyclic) bond motifs is 1. The van der Waals surface area contributed by atoms with E-state index in [4.69, 9.17) is 0 Å². The van der Waals surface area contributed by atoms with Crippen LogP contribution in [0.2, 0.25) is 0 Å². The molecule has 0 radical (unpaired) electrons. The maximum Gasteiger partial charge on any atom is 0.263 e. The summed E-state index contributed by atoms with van der Waals surface area (Å²) in [6.45, 7) is 2.05. The summed E-state index contributed by atoms with van der Waals surface area (Å²) in [7, 11) is 0. The van der Waals surface area contributed by atoms with Crippen LogP contribution >= 0.6 is 0 Å². The molecule has 0 saturated heterocycles. The first-order valence-corrected chi connectivity index (χ1v) is 6.39. The molecule has 5 heteroatoms. The molecule has 0 aliphatic rings. The number of pyridine rings is 1. The van der Waals surface area contributed by atoms with Crippen molar-refractivity contribution in [2.24, 2.45) is 0 Å². The van der Waals surface area contributed by atoms with Gasteiger partial charge in [-0.05, 0) is 23.6 Å². The van der Waals surface area contributed by atoms with E-state index in [0.29, 0.717) is 0 Å². The van der Waals surface area contributed by atoms with Gasteiger partial charge in [-0.25, -0.2) is 18.3 Å². The lowest BCUT2D eigenvalue weighted by molar-refractivity contribution is 0.151. The number of nitrogens with zero attached hydrogens (tertiary/aromatic N) is 3. The summed E-state index contributed by atoms with van der Waals surface area (Å²) in [6, 6.07) is 8.35. The van der Waals surface area contributed by atoms with Gasteiger partial charge in [0, 0.05) is 17.3 Å². The number of alkyl halides is 2. The molecule has 0 spiro atoms. The van der Waals surface area contributed by atoms with E-state index in [0.717, 1.165) is 28.8 Å². The number of benzene rings is 1. The summed E-state index contributed by atoms with van der Waals surface area (Å²) in [5.41, 5.74) is 3.78. The number of halogens is 2. The van der Waals surface area contributed by atoms with E-state index in [1.165, 1.54) is 18.5 Å². The van der Waals surface area contributed by atoms with Gasteiger partial charge in [0.2, 0.25) is 0 Å². The maximum atomic E-state index is 12.6. The Labute approximate surface area is 114 Å². The van der Waals surface area contributed by atoms with Gasteiger partial charge in [-0.15, -0.1) is 0 Å². The molecule has 0 unspecified atom stereocenters. The molecule has 0 atom stereocenters. The number of aryl methyl sites for hydroxylation is 1. The fourth-order valence-corrected chi connectivity index (χ4v) is 2.23. The lowest BCUT2D eigenvalue weighted by Gasteiger charge is -2.07. The largest absolute Gasteiger partial charge is 0.263 e. The molecule has 20 heavy (non-hydrogen) atoms. The fraction of sp³-hybridized carbons (Fsp3) is 0.200. The van der Waals surface area contributed by atoms with Gasteiger partial charge in [0.05, 0.1) is 0 Å². The zero-order valence-corrected chi connectivity index (χ0v) is 10.9. The van der Waals surface area contributed by atoms with E-state index in [9.17, 15) is 8.78 Å². The molecule has 0 fully saturated rings. The first kappa shape index (κ1) is 12.7. The standard InChI is InChI=1S/C15H13F2N3/c1-2-10-7-13(8-20-15(10)18-9-19-20)11-3-5-12(6-4-11)14(16)17/h3-9,14H,2H2,1H3. The minimum Gasteiger partial charge on any atom is -0.220 e. The molecule has 0 aliphatic carbocycles. The van der Waals surface area contributed by atoms with Crippen LogP contribution < -0.4 is 0 Å². The Morgan fingerprint density at radius 2 is 1.90 bits per heavy atom. The monoisotopic (exact) mass is 273 g/mol. The predicted molar refractivity (Wildman–Crippen MR) is 72.8 cm³/mol. The topological polar surface area (TPSA) is 30.2 Å². The maximum absolute atomic E-state index is 12.6. The van der Waals surface area contributed by atoms with Crippen molar-refractivity contribution in [3.05, 3.63) is 54.0 Å². The Kier molecular flexibility index (Phi) is 3.18. The van der Waals surface area contributed by atoms with Crippen LogP contribution in [0.25, 0.3) is 16.8 Å². The van der Waals surface area contributed by atoms with Gasteiger partial charge in [-0.1, -0.05) is 31.2 Å². The molecule has 1 aromatic carbocycles. The van der Waals surface area contributed by atoms with Crippen molar-refractivity contribution < 1.29 is 8.78 Å². The van der Waals surface area contributed by atoms with Crippen molar-refractivity contribution in [3.8, 4) is 11.1 Å². The second kappa shape index (κ2) is 5.00. The average molecular weight is 273 g/mol. The molecule has 0 N–H and O–H groups in total. The van der Waals surface area contributed by atoms with Crippen molar-refractivity contribution in [1.29, 1.82) is 0 Å². The summed E-state index contributed by atoms with van der Waals surface area (Å²) in [4.78, 5) is 4.21. The van der Waals surface area contributed by atoms with E-state index in [-0.39, 0.29) is 5.56 Å². The van der Waals surface area contributed by atoms with E-state index in [1.807, 2.05) is 19.2 Å². The summed E-state index contributed by atoms with van der Waals surface area (Å²) in [6.07, 6.45) is 1.77. The van der Waals surface area contributed by atoms with Crippen molar-refractivity contribution in [2.45, 2.75) is 19.8 Å². The number of hydrogen-bond acceptors (Lipinski definition) is 2. The molecule has 3 nitrogen and oxygen atoms in total. The molecular formula is C15H13F2N3. The predicted octanol–water partition coefficient (Wildman–Crippen LogP) is 3.90. The van der Waals surface area contributed by atoms with Crippen LogP contribution in [0, 0.1) is 0 Å². The van der Waals surface area contributed by atoms with Crippen LogP contribution in [-0.2, 0) is 6.42 Å². The molecule has 3 rings (SSSR count). The van der Waals surface area contributed by atoms with Gasteiger partial charge in [0.25, 0.3) is 6.43 Å². The van der Waals surface area contributed by atoms with Gasteiger partial charge in [0.1, 0.15) is 6.33 Å². The zero-order valence-electron chi connectivity index (χ0n) is 10.9. The lowest BCUT2D eigenvalue weighted by Crippen LogP contribution is -1.95. The average Bonchev–Trinajstić information content (AvgIpc) is 2.94. The second-order valence-corrected chi connectivity index (χ2v) is 4.56. The highest BCUT2D eigenvalue weighted by Gasteiger charge is 2.09. The van der Waals surface area contributed by atoms with Crippen LogP contribution in [0.4, 0.5) is 8.78 Å². The van der Waals surface area contributed by atoms with Gasteiger partial charge < -0.3 is 0 Å². The van der Waals surface area contributed by atoms with Crippen molar-refractivity contribution in [1.82, 2.24) is 14.6 Å². The number of rotatable bonds is 3. The Balaban J connectivity index is 2.09. The number of aromatic nitrogens is 3. The first-order valence-electron chi connectivity index (χ1n) is 6.39. The molecule has 0 bridgehead atoms. The Morgan fingerprint density at radius 3 is 2.55 bits per heavy atom. The highest BCUT2D eigenvalue weighted by molar-refractivity contribution is 5.67. The third kappa shape index (κ3) is 2.15. The summed E-state index contributed by atoms with van der Waals surface area (Å²) >= 11 is 0. The molecule has 3 aromatic rings. The van der Waals surface area contributed by atoms with Crippen LogP contribution in [0.1, 0.15) is 24.5 Å². The zero-order chi connectivity index (χ0) is 14.1. The molecule has 0 saturated carbocycles. The minimum atomic E-state index is -2.44. The lowest BCUT2D eigenvalue weighted by atomic mass is 10.0. The highest BCUT2D eigenvalue weighted by atomic mass is 19.3. The molecular weight excluding hydrogens is 260 g/mol. The van der Waals surface area contributed by atoms with Crippen LogP contribution in [0.3, 0.4) is 0 Å². The Hall–Kier alpha value is -2.30. The van der Waals surface area contributed by atoms with E-state index >= 15 is 0 Å². The first-order chi connectivity index (χ1) is 9.69. The number of hydrogen-bond donors (Lipinski definition) is 0. The summed E-state index contributed by atoms with van der Waals surface area (Å²) < 4.78 is 26.8. The molecule has 0 aliphatic heterocycles. The van der Waals surface area contributed by atoms with E-state index in [2.05, 4.69) is 10.1 Å². The van der Waals surface area contributed by atoms with Gasteiger partial charge in [0.15, 0.2) is 5.65 Å². The van der Waals surface area contributed by atoms with E-state index < -0.39 is 6.43 Å². The summed E-state index contributed by atoms with van der Waals surface area (Å²) in [5.74, 6) is 0. The van der Waals surface area contributed by atoms with Crippen LogP contribution in [0.5, 0.6) is 0 Å². The van der Waals surface area contributed by atoms with Crippen LogP contribution in [-0.4, -0.2) is 14.6 Å². The SMILES string of the molecule is CCc1cc(-c2ccc(C(F)F)cc2)cn2ncnc12. The normalized spacial score (nSPS) is 11.4. The molecule has 102 valence electrons. The van der Waals surface area contributed by atoms with Gasteiger partial charge in [-0.2, -0.15) is 5.10 Å². The van der Waals surface area contributed by atoms with Crippen molar-refractivity contribution in [2.75, 3.05) is 0 Å². The van der Waals surface area contributed by atoms with Crippen LogP contribution in [0.15, 0.2) is 42.9 Å². The molecule has 2 heterocycles. The Morgan fingerprint density at radius 1 is 1.15 bits per heavy atom. The highest BCUT2D eigenvalue weighted by Crippen LogP contribution is 2.25. The minimum absolute atomic E-state index is 0.0336. The van der Waals surface area contributed by atoms with E-state index in [1.54, 1.807) is 16.6 Å². The third-order valence-electron chi connectivity index (χ3n) is 3.33. The smallest absolute Gasteiger partial charge is 0.220 e. The molecule has 2 aromatic heterocycles. The fourth-order valence-electron chi connectivity index (χ4n) is 2.23.